The second kappa shape index (κ2) is 8.93. The Morgan fingerprint density at radius 3 is 2.50 bits per heavy atom. The van der Waals surface area contributed by atoms with Crippen molar-refractivity contribution in [2.75, 3.05) is 14.2 Å². The van der Waals surface area contributed by atoms with E-state index in [0.29, 0.717) is 33.7 Å². The van der Waals surface area contributed by atoms with Crippen LogP contribution in [0.4, 0.5) is 0 Å². The van der Waals surface area contributed by atoms with Crippen molar-refractivity contribution in [3.63, 3.8) is 0 Å². The molecule has 0 radical (unpaired) electrons. The minimum Gasteiger partial charge on any atom is -0.497 e. The molecule has 0 spiro atoms. The number of carbonyl (C=O) groups excluding carboxylic acids is 1. The molecule has 0 saturated carbocycles. The lowest BCUT2D eigenvalue weighted by Gasteiger charge is -2.08. The SMILES string of the molecule is CCc1ccc(C(=O)C(C)Sc2nnc(-c3ccc(OC)cc3OC)o2)cc1. The van der Waals surface area contributed by atoms with Gasteiger partial charge in [0, 0.05) is 11.6 Å². The highest BCUT2D eigenvalue weighted by Gasteiger charge is 2.21. The van der Waals surface area contributed by atoms with Crippen molar-refractivity contribution < 1.29 is 18.7 Å². The van der Waals surface area contributed by atoms with Crippen LogP contribution in [-0.4, -0.2) is 35.5 Å². The number of methoxy groups -OCH3 is 2. The van der Waals surface area contributed by atoms with E-state index < -0.39 is 0 Å². The topological polar surface area (TPSA) is 74.5 Å². The minimum atomic E-state index is -0.349. The van der Waals surface area contributed by atoms with E-state index in [-0.39, 0.29) is 11.0 Å². The van der Waals surface area contributed by atoms with Gasteiger partial charge in [-0.25, -0.2) is 0 Å². The molecule has 1 aromatic heterocycles. The number of ether oxygens (including phenoxy) is 2. The predicted molar refractivity (Wildman–Crippen MR) is 108 cm³/mol. The van der Waals surface area contributed by atoms with Crippen molar-refractivity contribution in [3.8, 4) is 23.0 Å². The Labute approximate surface area is 168 Å². The van der Waals surface area contributed by atoms with Gasteiger partial charge in [0.25, 0.3) is 11.1 Å². The zero-order valence-corrected chi connectivity index (χ0v) is 17.1. The molecule has 0 amide bonds. The van der Waals surface area contributed by atoms with Crippen molar-refractivity contribution >= 4 is 17.5 Å². The average Bonchev–Trinajstić information content (AvgIpc) is 3.20. The second-order valence-electron chi connectivity index (χ2n) is 6.11. The molecule has 1 unspecified atom stereocenters. The Morgan fingerprint density at radius 1 is 1.11 bits per heavy atom. The first-order chi connectivity index (χ1) is 13.5. The Balaban J connectivity index is 1.74. The third-order valence-electron chi connectivity index (χ3n) is 4.34. The summed E-state index contributed by atoms with van der Waals surface area (Å²) in [5.41, 5.74) is 2.54. The number of rotatable bonds is 8. The molecule has 1 atom stereocenters. The van der Waals surface area contributed by atoms with Crippen LogP contribution < -0.4 is 9.47 Å². The summed E-state index contributed by atoms with van der Waals surface area (Å²) in [5, 5.41) is 8.13. The lowest BCUT2D eigenvalue weighted by Crippen LogP contribution is -2.13. The largest absolute Gasteiger partial charge is 0.497 e. The Morgan fingerprint density at radius 2 is 1.86 bits per heavy atom. The monoisotopic (exact) mass is 398 g/mol. The number of Topliss-reactive ketones (excluding diaryl/α,β-unsaturated/α-hetero) is 1. The third kappa shape index (κ3) is 4.36. The summed E-state index contributed by atoms with van der Waals surface area (Å²) in [6.07, 6.45) is 0.943. The van der Waals surface area contributed by atoms with Crippen LogP contribution in [0, 0.1) is 0 Å². The lowest BCUT2D eigenvalue weighted by molar-refractivity contribution is 0.0993. The van der Waals surface area contributed by atoms with Crippen molar-refractivity contribution in [1.29, 1.82) is 0 Å². The molecule has 2 aromatic carbocycles. The van der Waals surface area contributed by atoms with E-state index in [1.165, 1.54) is 17.3 Å². The third-order valence-corrected chi connectivity index (χ3v) is 5.27. The number of hydrogen-bond donors (Lipinski definition) is 0. The molecule has 0 bridgehead atoms. The molecule has 146 valence electrons. The van der Waals surface area contributed by atoms with Gasteiger partial charge >= 0.3 is 0 Å². The quantitative estimate of drug-likeness (QED) is 0.403. The standard InChI is InChI=1S/C21H22N2O4S/c1-5-14-6-8-15(9-7-14)19(24)13(2)28-21-23-22-20(27-21)17-11-10-16(25-3)12-18(17)26-4/h6-13H,5H2,1-4H3. The summed E-state index contributed by atoms with van der Waals surface area (Å²) in [6.45, 7) is 3.92. The van der Waals surface area contributed by atoms with Crippen LogP contribution in [0.15, 0.2) is 52.1 Å². The van der Waals surface area contributed by atoms with Gasteiger partial charge in [-0.3, -0.25) is 4.79 Å². The van der Waals surface area contributed by atoms with Gasteiger partial charge in [-0.15, -0.1) is 10.2 Å². The zero-order valence-electron chi connectivity index (χ0n) is 16.3. The molecule has 0 N–H and O–H groups in total. The van der Waals surface area contributed by atoms with Crippen molar-refractivity contribution in [2.45, 2.75) is 30.7 Å². The highest BCUT2D eigenvalue weighted by atomic mass is 32.2. The molecule has 1 heterocycles. The fourth-order valence-electron chi connectivity index (χ4n) is 2.69. The molecule has 0 fully saturated rings. The Hall–Kier alpha value is -2.80. The number of hydrogen-bond acceptors (Lipinski definition) is 7. The van der Waals surface area contributed by atoms with Gasteiger partial charge in [0.05, 0.1) is 25.0 Å². The van der Waals surface area contributed by atoms with Gasteiger partial charge in [0.1, 0.15) is 11.5 Å². The van der Waals surface area contributed by atoms with Gasteiger partial charge < -0.3 is 13.9 Å². The lowest BCUT2D eigenvalue weighted by atomic mass is 10.1. The predicted octanol–water partition coefficient (Wildman–Crippen LogP) is 4.68. The minimum absolute atomic E-state index is 0.0226. The Kier molecular flexibility index (Phi) is 6.36. The normalized spacial score (nSPS) is 11.9. The van der Waals surface area contributed by atoms with E-state index in [9.17, 15) is 4.79 Å². The maximum atomic E-state index is 12.7. The molecule has 28 heavy (non-hydrogen) atoms. The van der Waals surface area contributed by atoms with Crippen molar-refractivity contribution in [2.24, 2.45) is 0 Å². The van der Waals surface area contributed by atoms with E-state index in [1.807, 2.05) is 31.2 Å². The summed E-state index contributed by atoms with van der Waals surface area (Å²) >= 11 is 1.24. The van der Waals surface area contributed by atoms with E-state index in [0.717, 1.165) is 6.42 Å². The van der Waals surface area contributed by atoms with Gasteiger partial charge in [-0.05, 0) is 31.0 Å². The molecule has 6 nitrogen and oxygen atoms in total. The van der Waals surface area contributed by atoms with Gasteiger partial charge in [0.2, 0.25) is 0 Å². The van der Waals surface area contributed by atoms with Crippen LogP contribution in [0.2, 0.25) is 0 Å². The maximum Gasteiger partial charge on any atom is 0.277 e. The summed E-state index contributed by atoms with van der Waals surface area (Å²) in [7, 11) is 3.15. The Bertz CT molecular complexity index is 953. The van der Waals surface area contributed by atoms with E-state index in [1.54, 1.807) is 32.4 Å². The molecule has 0 aliphatic carbocycles. The second-order valence-corrected chi connectivity index (χ2v) is 7.41. The summed E-state index contributed by atoms with van der Waals surface area (Å²) in [6, 6.07) is 13.0. The number of nitrogens with zero attached hydrogens (tertiary/aromatic N) is 2. The summed E-state index contributed by atoms with van der Waals surface area (Å²) in [4.78, 5) is 12.7. The van der Waals surface area contributed by atoms with Gasteiger partial charge in [0.15, 0.2) is 5.78 Å². The first-order valence-electron chi connectivity index (χ1n) is 8.91. The van der Waals surface area contributed by atoms with Crippen LogP contribution in [0.5, 0.6) is 11.5 Å². The molecule has 3 rings (SSSR count). The van der Waals surface area contributed by atoms with Crippen LogP contribution in [-0.2, 0) is 6.42 Å². The fourth-order valence-corrected chi connectivity index (χ4v) is 3.45. The number of carbonyl (C=O) groups is 1. The summed E-state index contributed by atoms with van der Waals surface area (Å²) in [5.74, 6) is 1.59. The molecular formula is C21H22N2O4S. The maximum absolute atomic E-state index is 12.7. The van der Waals surface area contributed by atoms with E-state index in [2.05, 4.69) is 17.1 Å². The number of ketones is 1. The van der Waals surface area contributed by atoms with Crippen LogP contribution in [0.3, 0.4) is 0 Å². The number of aryl methyl sites for hydroxylation is 1. The smallest absolute Gasteiger partial charge is 0.277 e. The average molecular weight is 398 g/mol. The van der Waals surface area contributed by atoms with Crippen LogP contribution >= 0.6 is 11.8 Å². The van der Waals surface area contributed by atoms with Crippen LogP contribution in [0.25, 0.3) is 11.5 Å². The van der Waals surface area contributed by atoms with E-state index in [4.69, 9.17) is 13.9 Å². The highest BCUT2D eigenvalue weighted by Crippen LogP contribution is 2.34. The summed E-state index contributed by atoms with van der Waals surface area (Å²) < 4.78 is 16.3. The zero-order chi connectivity index (χ0) is 20.1. The van der Waals surface area contributed by atoms with Gasteiger partial charge in [-0.1, -0.05) is 43.0 Å². The van der Waals surface area contributed by atoms with Crippen LogP contribution in [0.1, 0.15) is 29.8 Å². The molecular weight excluding hydrogens is 376 g/mol. The number of benzene rings is 2. The molecule has 3 aromatic rings. The fraction of sp³-hybridized carbons (Fsp3) is 0.286. The molecule has 0 aliphatic heterocycles. The van der Waals surface area contributed by atoms with Crippen molar-refractivity contribution in [3.05, 3.63) is 53.6 Å². The number of aromatic nitrogens is 2. The highest BCUT2D eigenvalue weighted by molar-refractivity contribution is 8.00. The molecule has 7 heteroatoms. The molecule has 0 aliphatic rings. The van der Waals surface area contributed by atoms with Gasteiger partial charge in [-0.2, -0.15) is 0 Å². The first kappa shape index (κ1) is 19.9. The molecule has 0 saturated heterocycles. The number of thioether (sulfide) groups is 1. The first-order valence-corrected chi connectivity index (χ1v) is 9.79. The van der Waals surface area contributed by atoms with Crippen molar-refractivity contribution in [1.82, 2.24) is 10.2 Å². The van der Waals surface area contributed by atoms with E-state index >= 15 is 0 Å².